The summed E-state index contributed by atoms with van der Waals surface area (Å²) >= 11 is 0. The Balaban J connectivity index is 0.000000437. The molecule has 0 atom stereocenters. The molecule has 0 spiro atoms. The lowest BCUT2D eigenvalue weighted by atomic mass is 10.3. The highest BCUT2D eigenvalue weighted by molar-refractivity contribution is 7.88. The average Bonchev–Trinajstić information content (AvgIpc) is 2.25. The Kier molecular flexibility index (Phi) is 6.37. The summed E-state index contributed by atoms with van der Waals surface area (Å²) < 4.78 is 29.0. The van der Waals surface area contributed by atoms with Crippen LogP contribution in [0, 0.1) is 0 Å². The number of anilines is 1. The first-order valence-corrected chi connectivity index (χ1v) is 6.64. The van der Waals surface area contributed by atoms with Gasteiger partial charge in [0, 0.05) is 13.1 Å². The zero-order chi connectivity index (χ0) is 13.5. The second kappa shape index (κ2) is 6.97. The first kappa shape index (κ1) is 15.5. The fraction of sp³-hybridized carbons (Fsp3) is 0.400. The van der Waals surface area contributed by atoms with Crippen molar-refractivity contribution in [3.8, 4) is 11.5 Å². The molecule has 6 nitrogen and oxygen atoms in total. The molecule has 1 aromatic carbocycles. The second-order valence-corrected chi connectivity index (χ2v) is 4.80. The molecule has 0 saturated carbocycles. The van der Waals surface area contributed by atoms with E-state index < -0.39 is 10.0 Å². The van der Waals surface area contributed by atoms with E-state index in [4.69, 9.17) is 9.47 Å². The molecule has 0 unspecified atom stereocenters. The minimum atomic E-state index is -3.17. The monoisotopic (exact) mass is 262 g/mol. The van der Waals surface area contributed by atoms with E-state index in [9.17, 15) is 8.42 Å². The maximum absolute atomic E-state index is 9.41. The van der Waals surface area contributed by atoms with Crippen molar-refractivity contribution in [1.29, 1.82) is 0 Å². The molecular weight excluding hydrogens is 244 g/mol. The van der Waals surface area contributed by atoms with Gasteiger partial charge in [-0.3, -0.25) is 0 Å². The van der Waals surface area contributed by atoms with E-state index in [2.05, 4.69) is 10.5 Å². The van der Waals surface area contributed by atoms with Crippen LogP contribution in [0.2, 0.25) is 0 Å². The summed E-state index contributed by atoms with van der Waals surface area (Å²) in [5.41, 5.74) is 0.928. The van der Waals surface area contributed by atoms with Crippen LogP contribution in [0.15, 0.2) is 18.2 Å². The van der Waals surface area contributed by atoms with Crippen LogP contribution >= 0.6 is 0 Å². The van der Waals surface area contributed by atoms with Gasteiger partial charge in [-0.1, -0.05) is 0 Å². The molecular formula is C10H18N2O4S. The Hall–Kier alpha value is -1.47. The first-order chi connectivity index (χ1) is 7.81. The summed E-state index contributed by atoms with van der Waals surface area (Å²) in [5.74, 6) is 1.64. The van der Waals surface area contributed by atoms with Gasteiger partial charge >= 0.3 is 0 Å². The zero-order valence-electron chi connectivity index (χ0n) is 10.4. The van der Waals surface area contributed by atoms with Crippen molar-refractivity contribution in [2.45, 2.75) is 0 Å². The van der Waals surface area contributed by atoms with Gasteiger partial charge in [-0.05, 0) is 12.1 Å². The van der Waals surface area contributed by atoms with Gasteiger partial charge in [-0.2, -0.15) is 0 Å². The molecule has 1 aromatic rings. The molecule has 0 heterocycles. The molecule has 3 N–H and O–H groups in total. The van der Waals surface area contributed by atoms with Crippen LogP contribution in [0.3, 0.4) is 0 Å². The Bertz CT molecular complexity index is 438. The molecule has 98 valence electrons. The number of rotatable bonds is 3. The third-order valence-electron chi connectivity index (χ3n) is 1.68. The zero-order valence-corrected chi connectivity index (χ0v) is 11.2. The average molecular weight is 262 g/mol. The Labute approximate surface area is 102 Å². The first-order valence-electron chi connectivity index (χ1n) is 4.69. The fourth-order valence-electron chi connectivity index (χ4n) is 1.01. The van der Waals surface area contributed by atoms with Gasteiger partial charge in [0.15, 0.2) is 0 Å². The Morgan fingerprint density at radius 1 is 1.24 bits per heavy atom. The number of ether oxygens (including phenoxy) is 2. The van der Waals surface area contributed by atoms with Crippen LogP contribution in [0.25, 0.3) is 0 Å². The predicted octanol–water partition coefficient (Wildman–Crippen LogP) is 0.650. The van der Waals surface area contributed by atoms with Crippen molar-refractivity contribution in [3.63, 3.8) is 0 Å². The summed E-state index contributed by atoms with van der Waals surface area (Å²) in [5, 5.41) is 7.34. The van der Waals surface area contributed by atoms with Crippen LogP contribution in [0.4, 0.5) is 5.69 Å². The number of hydrogen-bond donors (Lipinski definition) is 2. The third kappa shape index (κ3) is 7.42. The molecule has 0 amide bonds. The Morgan fingerprint density at radius 3 is 2.12 bits per heavy atom. The van der Waals surface area contributed by atoms with Crippen molar-refractivity contribution in [2.75, 3.05) is 32.8 Å². The molecule has 0 aliphatic rings. The molecule has 0 aliphatic heterocycles. The lowest BCUT2D eigenvalue weighted by Gasteiger charge is -2.08. The molecule has 7 heteroatoms. The molecule has 17 heavy (non-hydrogen) atoms. The van der Waals surface area contributed by atoms with E-state index in [0.29, 0.717) is 0 Å². The van der Waals surface area contributed by atoms with Crippen molar-refractivity contribution >= 4 is 15.7 Å². The highest BCUT2D eigenvalue weighted by Gasteiger charge is 2.01. The van der Waals surface area contributed by atoms with Gasteiger partial charge in [0.05, 0.1) is 26.2 Å². The minimum absolute atomic E-state index is 0.818. The van der Waals surface area contributed by atoms with E-state index in [-0.39, 0.29) is 0 Å². The van der Waals surface area contributed by atoms with E-state index in [0.717, 1.165) is 23.4 Å². The number of methoxy groups -OCH3 is 2. The summed E-state index contributed by atoms with van der Waals surface area (Å²) in [6.45, 7) is 0. The number of benzene rings is 1. The van der Waals surface area contributed by atoms with Crippen molar-refractivity contribution in [3.05, 3.63) is 18.2 Å². The third-order valence-corrected chi connectivity index (χ3v) is 1.68. The molecule has 0 radical (unpaired) electrons. The molecule has 0 fully saturated rings. The van der Waals surface area contributed by atoms with Crippen LogP contribution in [0.5, 0.6) is 11.5 Å². The van der Waals surface area contributed by atoms with E-state index >= 15 is 0 Å². The van der Waals surface area contributed by atoms with Gasteiger partial charge in [0.1, 0.15) is 11.5 Å². The minimum Gasteiger partial charge on any atom is -0.497 e. The smallest absolute Gasteiger partial charge is 0.206 e. The van der Waals surface area contributed by atoms with Crippen molar-refractivity contribution < 1.29 is 17.9 Å². The maximum atomic E-state index is 9.41. The highest BCUT2D eigenvalue weighted by Crippen LogP contribution is 2.27. The molecule has 0 saturated heterocycles. The summed E-state index contributed by atoms with van der Waals surface area (Å²) in [6.07, 6.45) is 0.938. The van der Waals surface area contributed by atoms with Crippen molar-refractivity contribution in [1.82, 2.24) is 0 Å². The maximum Gasteiger partial charge on any atom is 0.206 e. The van der Waals surface area contributed by atoms with Crippen LogP contribution < -0.4 is 19.9 Å². The molecule has 0 bridgehead atoms. The standard InChI is InChI=1S/C9H13NO2.CH5NO2S/c1-10-8-6-7(11-2)4-5-9(8)12-3;1-5(2,3)4/h4-6,10H,1-3H3;1H3,(H2,2,3,4). The molecule has 0 aromatic heterocycles. The summed E-state index contributed by atoms with van der Waals surface area (Å²) in [4.78, 5) is 0. The fourth-order valence-corrected chi connectivity index (χ4v) is 1.01. The van der Waals surface area contributed by atoms with Gasteiger partial charge in [0.2, 0.25) is 10.0 Å². The normalized spacial score (nSPS) is 9.94. The number of hydrogen-bond acceptors (Lipinski definition) is 5. The van der Waals surface area contributed by atoms with Crippen molar-refractivity contribution in [2.24, 2.45) is 5.14 Å². The summed E-state index contributed by atoms with van der Waals surface area (Å²) in [7, 11) is 1.96. The van der Waals surface area contributed by atoms with Crippen LogP contribution in [-0.4, -0.2) is 35.9 Å². The molecule has 1 rings (SSSR count). The van der Waals surface area contributed by atoms with E-state index in [1.54, 1.807) is 14.2 Å². The topological polar surface area (TPSA) is 90.7 Å². The predicted molar refractivity (Wildman–Crippen MR) is 68.1 cm³/mol. The SMILES string of the molecule is CNc1cc(OC)ccc1OC.CS(N)(=O)=O. The number of nitrogens with two attached hydrogens (primary N) is 1. The lowest BCUT2D eigenvalue weighted by Crippen LogP contribution is -2.07. The quantitative estimate of drug-likeness (QED) is 0.834. The van der Waals surface area contributed by atoms with Gasteiger partial charge in [0.25, 0.3) is 0 Å². The number of nitrogens with one attached hydrogen (secondary N) is 1. The van der Waals surface area contributed by atoms with E-state index in [1.165, 1.54) is 0 Å². The summed E-state index contributed by atoms with van der Waals surface area (Å²) in [6, 6.07) is 5.61. The van der Waals surface area contributed by atoms with E-state index in [1.807, 2.05) is 25.2 Å². The van der Waals surface area contributed by atoms with Gasteiger partial charge in [-0.15, -0.1) is 0 Å². The highest BCUT2D eigenvalue weighted by atomic mass is 32.2. The Morgan fingerprint density at radius 2 is 1.76 bits per heavy atom. The van der Waals surface area contributed by atoms with Crippen LogP contribution in [-0.2, 0) is 10.0 Å². The van der Waals surface area contributed by atoms with Gasteiger partial charge in [-0.25, -0.2) is 13.6 Å². The second-order valence-electron chi connectivity index (χ2n) is 3.15. The number of primary sulfonamides is 1. The molecule has 0 aliphatic carbocycles. The largest absolute Gasteiger partial charge is 0.497 e. The number of sulfonamides is 1. The van der Waals surface area contributed by atoms with Gasteiger partial charge < -0.3 is 14.8 Å². The van der Waals surface area contributed by atoms with Crippen LogP contribution in [0.1, 0.15) is 0 Å². The lowest BCUT2D eigenvalue weighted by molar-refractivity contribution is 0.404.